The first-order valence-electron chi connectivity index (χ1n) is 6.83. The van der Waals surface area contributed by atoms with E-state index in [1.165, 1.54) is 11.3 Å². The van der Waals surface area contributed by atoms with Crippen molar-refractivity contribution in [1.82, 2.24) is 4.98 Å². The van der Waals surface area contributed by atoms with Gasteiger partial charge in [0.25, 0.3) is 0 Å². The van der Waals surface area contributed by atoms with Gasteiger partial charge in [0.1, 0.15) is 11.5 Å². The maximum absolute atomic E-state index is 5.62. The van der Waals surface area contributed by atoms with Gasteiger partial charge in [0.2, 0.25) is 5.13 Å². The summed E-state index contributed by atoms with van der Waals surface area (Å²) >= 11 is 1.52. The Kier molecular flexibility index (Phi) is 5.57. The van der Waals surface area contributed by atoms with E-state index in [-0.39, 0.29) is 0 Å². The summed E-state index contributed by atoms with van der Waals surface area (Å²) in [4.78, 5) is 4.28. The second-order valence-corrected chi connectivity index (χ2v) is 5.09. The van der Waals surface area contributed by atoms with Gasteiger partial charge in [-0.25, -0.2) is 4.98 Å². The fourth-order valence-electron chi connectivity index (χ4n) is 1.72. The molecule has 0 amide bonds. The first-order valence-corrected chi connectivity index (χ1v) is 7.71. The first kappa shape index (κ1) is 15.3. The molecule has 0 aliphatic rings. The average Bonchev–Trinajstić information content (AvgIpc) is 2.87. The summed E-state index contributed by atoms with van der Waals surface area (Å²) in [5.41, 5.74) is 4.78. The van der Waals surface area contributed by atoms with Crippen LogP contribution < -0.4 is 14.9 Å². The minimum Gasteiger partial charge on any atom is -0.494 e. The van der Waals surface area contributed by atoms with Crippen molar-refractivity contribution < 1.29 is 9.47 Å². The van der Waals surface area contributed by atoms with Crippen LogP contribution in [0, 0.1) is 6.92 Å². The van der Waals surface area contributed by atoms with Gasteiger partial charge in [-0.15, -0.1) is 11.3 Å². The van der Waals surface area contributed by atoms with Gasteiger partial charge in [0.15, 0.2) is 0 Å². The maximum Gasteiger partial charge on any atom is 0.203 e. The molecule has 21 heavy (non-hydrogen) atoms. The van der Waals surface area contributed by atoms with E-state index in [0.29, 0.717) is 13.2 Å². The second-order valence-electron chi connectivity index (χ2n) is 4.23. The molecule has 0 unspecified atom stereocenters. The van der Waals surface area contributed by atoms with Crippen LogP contribution in [0.25, 0.3) is 0 Å². The Morgan fingerprint density at radius 1 is 1.29 bits per heavy atom. The summed E-state index contributed by atoms with van der Waals surface area (Å²) in [5, 5.41) is 6.94. The van der Waals surface area contributed by atoms with Crippen LogP contribution in [0.15, 0.2) is 28.7 Å². The summed E-state index contributed by atoms with van der Waals surface area (Å²) in [5.74, 6) is 1.55. The highest BCUT2D eigenvalue weighted by Gasteiger charge is 2.04. The third kappa shape index (κ3) is 4.46. The Bertz CT molecular complexity index is 611. The number of rotatable bonds is 7. The van der Waals surface area contributed by atoms with E-state index in [4.69, 9.17) is 9.47 Å². The molecule has 1 aromatic heterocycles. The van der Waals surface area contributed by atoms with E-state index >= 15 is 0 Å². The minimum absolute atomic E-state index is 0.593. The lowest BCUT2D eigenvalue weighted by Gasteiger charge is -2.09. The van der Waals surface area contributed by atoms with Crippen molar-refractivity contribution in [3.8, 4) is 11.5 Å². The molecule has 0 radical (unpaired) electrons. The van der Waals surface area contributed by atoms with Crippen LogP contribution >= 0.6 is 11.3 Å². The smallest absolute Gasteiger partial charge is 0.203 e. The average molecular weight is 305 g/mol. The van der Waals surface area contributed by atoms with E-state index < -0.39 is 0 Å². The number of hydrazone groups is 1. The normalized spacial score (nSPS) is 10.8. The summed E-state index contributed by atoms with van der Waals surface area (Å²) in [6.07, 6.45) is 1.72. The number of nitrogens with zero attached hydrogens (tertiary/aromatic N) is 2. The number of hydrogen-bond donors (Lipinski definition) is 1. The molecule has 112 valence electrons. The molecule has 1 aromatic carbocycles. The molecule has 0 fully saturated rings. The Labute approximate surface area is 128 Å². The molecular weight excluding hydrogens is 286 g/mol. The number of hydrogen-bond acceptors (Lipinski definition) is 6. The van der Waals surface area contributed by atoms with Crippen LogP contribution in [0.3, 0.4) is 0 Å². The standard InChI is InChI=1S/C15H19N3O2S/c1-4-19-13-7-6-12(14(8-13)20-5-2)9-16-18-15-17-11(3)10-21-15/h6-10H,4-5H2,1-3H3,(H,17,18)/b16-9-. The van der Waals surface area contributed by atoms with Crippen LogP contribution in [-0.2, 0) is 0 Å². The highest BCUT2D eigenvalue weighted by atomic mass is 32.1. The molecule has 0 spiro atoms. The van der Waals surface area contributed by atoms with Crippen molar-refractivity contribution in [2.75, 3.05) is 18.6 Å². The number of ether oxygens (including phenoxy) is 2. The van der Waals surface area contributed by atoms with Crippen molar-refractivity contribution in [2.45, 2.75) is 20.8 Å². The number of anilines is 1. The third-order valence-corrected chi connectivity index (χ3v) is 3.44. The molecule has 1 heterocycles. The zero-order chi connectivity index (χ0) is 15.1. The molecule has 0 aliphatic carbocycles. The summed E-state index contributed by atoms with van der Waals surface area (Å²) in [6.45, 7) is 7.07. The highest BCUT2D eigenvalue weighted by Crippen LogP contribution is 2.24. The maximum atomic E-state index is 5.62. The van der Waals surface area contributed by atoms with E-state index in [0.717, 1.165) is 27.9 Å². The molecule has 6 heteroatoms. The van der Waals surface area contributed by atoms with E-state index in [1.54, 1.807) is 6.21 Å². The number of nitrogens with one attached hydrogen (secondary N) is 1. The van der Waals surface area contributed by atoms with Crippen molar-refractivity contribution in [1.29, 1.82) is 0 Å². The number of benzene rings is 1. The Balaban J connectivity index is 2.10. The monoisotopic (exact) mass is 305 g/mol. The predicted molar refractivity (Wildman–Crippen MR) is 86.8 cm³/mol. The van der Waals surface area contributed by atoms with Crippen molar-refractivity contribution in [3.63, 3.8) is 0 Å². The van der Waals surface area contributed by atoms with E-state index in [9.17, 15) is 0 Å². The molecule has 1 N–H and O–H groups in total. The van der Waals surface area contributed by atoms with Crippen molar-refractivity contribution in [2.24, 2.45) is 5.10 Å². The second kappa shape index (κ2) is 7.64. The molecule has 5 nitrogen and oxygen atoms in total. The highest BCUT2D eigenvalue weighted by molar-refractivity contribution is 7.13. The van der Waals surface area contributed by atoms with Crippen LogP contribution in [0.4, 0.5) is 5.13 Å². The molecule has 2 rings (SSSR count). The fourth-order valence-corrected chi connectivity index (χ4v) is 2.36. The van der Waals surface area contributed by atoms with Gasteiger partial charge in [-0.3, -0.25) is 5.43 Å². The van der Waals surface area contributed by atoms with Gasteiger partial charge in [0, 0.05) is 17.0 Å². The zero-order valence-electron chi connectivity index (χ0n) is 12.4. The molecule has 0 saturated carbocycles. The number of thiazole rings is 1. The first-order chi connectivity index (χ1) is 10.2. The van der Waals surface area contributed by atoms with Gasteiger partial charge >= 0.3 is 0 Å². The van der Waals surface area contributed by atoms with Gasteiger partial charge in [-0.2, -0.15) is 5.10 Å². The van der Waals surface area contributed by atoms with Gasteiger partial charge in [-0.05, 0) is 32.9 Å². The summed E-state index contributed by atoms with van der Waals surface area (Å²) in [7, 11) is 0. The largest absolute Gasteiger partial charge is 0.494 e. The molecule has 0 saturated heterocycles. The lowest BCUT2D eigenvalue weighted by atomic mass is 10.2. The predicted octanol–water partition coefficient (Wildman–Crippen LogP) is 3.69. The van der Waals surface area contributed by atoms with Crippen LogP contribution in [0.2, 0.25) is 0 Å². The molecule has 2 aromatic rings. The van der Waals surface area contributed by atoms with Crippen LogP contribution in [0.1, 0.15) is 25.1 Å². The van der Waals surface area contributed by atoms with Crippen LogP contribution in [0.5, 0.6) is 11.5 Å². The lowest BCUT2D eigenvalue weighted by Crippen LogP contribution is -1.99. The SMILES string of the molecule is CCOc1ccc(/C=N\Nc2nc(C)cs2)c(OCC)c1. The Hall–Kier alpha value is -2.08. The van der Waals surface area contributed by atoms with Gasteiger partial charge in [-0.1, -0.05) is 0 Å². The molecular formula is C15H19N3O2S. The Morgan fingerprint density at radius 3 is 2.76 bits per heavy atom. The minimum atomic E-state index is 0.593. The van der Waals surface area contributed by atoms with E-state index in [2.05, 4.69) is 15.5 Å². The Morgan fingerprint density at radius 2 is 2.10 bits per heavy atom. The fraction of sp³-hybridized carbons (Fsp3) is 0.333. The van der Waals surface area contributed by atoms with Gasteiger partial charge < -0.3 is 9.47 Å². The number of aromatic nitrogens is 1. The lowest BCUT2D eigenvalue weighted by molar-refractivity contribution is 0.323. The molecule has 0 bridgehead atoms. The molecule has 0 aliphatic heterocycles. The molecule has 0 atom stereocenters. The van der Waals surface area contributed by atoms with Crippen molar-refractivity contribution >= 4 is 22.7 Å². The van der Waals surface area contributed by atoms with E-state index in [1.807, 2.05) is 44.4 Å². The number of aryl methyl sites for hydroxylation is 1. The zero-order valence-corrected chi connectivity index (χ0v) is 13.2. The quantitative estimate of drug-likeness (QED) is 0.626. The van der Waals surface area contributed by atoms with Gasteiger partial charge in [0.05, 0.1) is 25.1 Å². The summed E-state index contributed by atoms with van der Waals surface area (Å²) < 4.78 is 11.1. The van der Waals surface area contributed by atoms with Crippen LogP contribution in [-0.4, -0.2) is 24.4 Å². The summed E-state index contributed by atoms with van der Waals surface area (Å²) in [6, 6.07) is 5.71. The third-order valence-electron chi connectivity index (χ3n) is 2.58. The van der Waals surface area contributed by atoms with Crippen molar-refractivity contribution in [3.05, 3.63) is 34.8 Å². The topological polar surface area (TPSA) is 55.7 Å².